The van der Waals surface area contributed by atoms with Crippen LogP contribution in [0.5, 0.6) is 11.5 Å². The Morgan fingerprint density at radius 1 is 0.868 bits per heavy atom. The summed E-state index contributed by atoms with van der Waals surface area (Å²) in [5.74, 6) is 1.96. The van der Waals surface area contributed by atoms with Crippen molar-refractivity contribution in [3.05, 3.63) is 71.3 Å². The van der Waals surface area contributed by atoms with Crippen LogP contribution in [0.25, 0.3) is 0 Å². The van der Waals surface area contributed by atoms with Gasteiger partial charge in [0, 0.05) is 5.41 Å². The van der Waals surface area contributed by atoms with Gasteiger partial charge in [0.05, 0.1) is 21.3 Å². The Kier molecular flexibility index (Phi) is 9.77. The minimum Gasteiger partial charge on any atom is -0.491 e. The SMILES string of the molecule is C=CCc1cc(C(C)(C)c2ccc(OCC3CO3)c(CCC[Si](CC)(CC)CC)c2)ccc1OCC1CO1. The van der Waals surface area contributed by atoms with Crippen LogP contribution in [0.1, 0.15) is 63.3 Å². The van der Waals surface area contributed by atoms with E-state index in [4.69, 9.17) is 18.9 Å². The monoisotopic (exact) mass is 536 g/mol. The summed E-state index contributed by atoms with van der Waals surface area (Å²) in [5.41, 5.74) is 4.95. The number of benzene rings is 2. The fourth-order valence-corrected chi connectivity index (χ4v) is 9.01. The van der Waals surface area contributed by atoms with E-state index in [-0.39, 0.29) is 17.6 Å². The number of epoxide rings is 2. The van der Waals surface area contributed by atoms with Crippen LogP contribution < -0.4 is 9.47 Å². The van der Waals surface area contributed by atoms with Crippen LogP contribution in [0.4, 0.5) is 0 Å². The molecule has 0 amide bonds. The van der Waals surface area contributed by atoms with Crippen LogP contribution in [0.15, 0.2) is 49.1 Å². The largest absolute Gasteiger partial charge is 0.491 e. The lowest BCUT2D eigenvalue weighted by atomic mass is 9.76. The highest BCUT2D eigenvalue weighted by molar-refractivity contribution is 6.79. The number of rotatable bonds is 17. The van der Waals surface area contributed by atoms with Crippen LogP contribution in [0.3, 0.4) is 0 Å². The van der Waals surface area contributed by atoms with Crippen LogP contribution in [-0.2, 0) is 27.7 Å². The molecule has 4 nitrogen and oxygen atoms in total. The Morgan fingerprint density at radius 3 is 1.84 bits per heavy atom. The second-order valence-electron chi connectivity index (χ2n) is 11.7. The summed E-state index contributed by atoms with van der Waals surface area (Å²) in [7, 11) is -1.14. The minimum atomic E-state index is -1.14. The first-order valence-electron chi connectivity index (χ1n) is 14.7. The van der Waals surface area contributed by atoms with Gasteiger partial charge in [-0.2, -0.15) is 0 Å². The first kappa shape index (κ1) is 28.9. The molecule has 2 atom stereocenters. The van der Waals surface area contributed by atoms with Crippen molar-refractivity contribution in [2.45, 2.75) is 95.7 Å². The Balaban J connectivity index is 1.56. The first-order chi connectivity index (χ1) is 18.3. The van der Waals surface area contributed by atoms with Crippen molar-refractivity contribution in [3.63, 3.8) is 0 Å². The van der Waals surface area contributed by atoms with Crippen molar-refractivity contribution >= 4 is 8.07 Å². The zero-order valence-corrected chi connectivity index (χ0v) is 25.3. The lowest BCUT2D eigenvalue weighted by Crippen LogP contribution is -2.31. The minimum absolute atomic E-state index is 0.157. The Morgan fingerprint density at radius 2 is 1.37 bits per heavy atom. The van der Waals surface area contributed by atoms with E-state index in [1.807, 2.05) is 6.08 Å². The first-order valence-corrected chi connectivity index (χ1v) is 17.5. The molecule has 0 aromatic heterocycles. The predicted octanol–water partition coefficient (Wildman–Crippen LogP) is 7.74. The maximum Gasteiger partial charge on any atom is 0.122 e. The molecule has 0 bridgehead atoms. The molecule has 5 heteroatoms. The van der Waals surface area contributed by atoms with E-state index in [1.54, 1.807) is 0 Å². The van der Waals surface area contributed by atoms with E-state index in [1.165, 1.54) is 52.9 Å². The van der Waals surface area contributed by atoms with Crippen LogP contribution in [0.2, 0.25) is 24.2 Å². The molecule has 0 N–H and O–H groups in total. The van der Waals surface area contributed by atoms with Gasteiger partial charge in [0.25, 0.3) is 0 Å². The lowest BCUT2D eigenvalue weighted by molar-refractivity contribution is 0.261. The molecule has 2 fully saturated rings. The Hall–Kier alpha value is -2.08. The van der Waals surface area contributed by atoms with Gasteiger partial charge in [-0.3, -0.25) is 0 Å². The van der Waals surface area contributed by atoms with Gasteiger partial charge < -0.3 is 18.9 Å². The average molecular weight is 537 g/mol. The van der Waals surface area contributed by atoms with Crippen molar-refractivity contribution < 1.29 is 18.9 Å². The second-order valence-corrected chi connectivity index (χ2v) is 17.3. The highest BCUT2D eigenvalue weighted by Gasteiger charge is 2.29. The molecule has 0 saturated carbocycles. The molecule has 2 aromatic rings. The van der Waals surface area contributed by atoms with Gasteiger partial charge in [-0.15, -0.1) is 6.58 Å². The van der Waals surface area contributed by atoms with E-state index in [9.17, 15) is 0 Å². The smallest absolute Gasteiger partial charge is 0.122 e. The van der Waals surface area contributed by atoms with Gasteiger partial charge in [-0.1, -0.05) is 95.6 Å². The zero-order chi connectivity index (χ0) is 27.2. The molecule has 38 heavy (non-hydrogen) atoms. The van der Waals surface area contributed by atoms with Crippen molar-refractivity contribution in [2.24, 2.45) is 0 Å². The summed E-state index contributed by atoms with van der Waals surface area (Å²) < 4.78 is 23.1. The number of aryl methyl sites for hydroxylation is 1. The molecule has 4 rings (SSSR count). The number of hydrogen-bond acceptors (Lipinski definition) is 4. The second kappa shape index (κ2) is 12.8. The van der Waals surface area contributed by atoms with Gasteiger partial charge >= 0.3 is 0 Å². The molecular formula is C33H48O4Si. The van der Waals surface area contributed by atoms with E-state index in [0.717, 1.165) is 37.6 Å². The van der Waals surface area contributed by atoms with Crippen molar-refractivity contribution in [3.8, 4) is 11.5 Å². The van der Waals surface area contributed by atoms with Crippen LogP contribution in [0, 0.1) is 0 Å². The third-order valence-electron chi connectivity index (χ3n) is 8.99. The summed E-state index contributed by atoms with van der Waals surface area (Å²) in [6, 6.07) is 19.0. The maximum absolute atomic E-state index is 6.26. The molecule has 0 aliphatic carbocycles. The van der Waals surface area contributed by atoms with E-state index in [2.05, 4.69) is 77.6 Å². The Bertz CT molecular complexity index is 1060. The van der Waals surface area contributed by atoms with E-state index in [0.29, 0.717) is 13.2 Å². The molecule has 2 unspecified atom stereocenters. The summed E-state index contributed by atoms with van der Waals surface area (Å²) in [5, 5.41) is 0. The van der Waals surface area contributed by atoms with Crippen molar-refractivity contribution in [1.29, 1.82) is 0 Å². The van der Waals surface area contributed by atoms with Crippen molar-refractivity contribution in [2.75, 3.05) is 26.4 Å². The topological polar surface area (TPSA) is 43.5 Å². The molecular weight excluding hydrogens is 488 g/mol. The molecule has 2 aromatic carbocycles. The van der Waals surface area contributed by atoms with Gasteiger partial charge in [0.1, 0.15) is 36.9 Å². The quantitative estimate of drug-likeness (QED) is 0.118. The summed E-state index contributed by atoms with van der Waals surface area (Å²) in [6.07, 6.45) is 5.54. The van der Waals surface area contributed by atoms with Crippen molar-refractivity contribution in [1.82, 2.24) is 0 Å². The van der Waals surface area contributed by atoms with E-state index < -0.39 is 8.07 Å². The highest BCUT2D eigenvalue weighted by Crippen LogP contribution is 2.37. The van der Waals surface area contributed by atoms with E-state index >= 15 is 0 Å². The predicted molar refractivity (Wildman–Crippen MR) is 160 cm³/mol. The van der Waals surface area contributed by atoms with Crippen LogP contribution >= 0.6 is 0 Å². The maximum atomic E-state index is 6.26. The third kappa shape index (κ3) is 7.31. The molecule has 2 aliphatic heterocycles. The molecule has 2 saturated heterocycles. The van der Waals surface area contributed by atoms with Gasteiger partial charge in [-0.05, 0) is 47.2 Å². The fraction of sp³-hybridized carbons (Fsp3) is 0.576. The number of ether oxygens (including phenoxy) is 4. The summed E-state index contributed by atoms with van der Waals surface area (Å²) in [6.45, 7) is 18.7. The average Bonchev–Trinajstić information content (AvgIpc) is 3.86. The normalized spacial score (nSPS) is 18.8. The van der Waals surface area contributed by atoms with Crippen LogP contribution in [-0.4, -0.2) is 46.7 Å². The Labute approximate surface area is 231 Å². The molecule has 2 heterocycles. The fourth-order valence-electron chi connectivity index (χ4n) is 5.52. The molecule has 0 spiro atoms. The van der Waals surface area contributed by atoms with Gasteiger partial charge in [0.15, 0.2) is 0 Å². The summed E-state index contributed by atoms with van der Waals surface area (Å²) >= 11 is 0. The number of hydrogen-bond donors (Lipinski definition) is 0. The standard InChI is InChI=1S/C33H48O4Si/c1-7-12-25-19-27(14-16-31(25)36-23-29-21-34-29)33(5,6)28-15-17-32(37-24-30-22-35-30)26(20-28)13-11-18-38(8-2,9-3)10-4/h7,14-17,19-20,29-30H,1,8-13,18,21-24H2,2-6H3. The third-order valence-corrected chi connectivity index (χ3v) is 14.9. The van der Waals surface area contributed by atoms with Gasteiger partial charge in [-0.25, -0.2) is 0 Å². The lowest BCUT2D eigenvalue weighted by Gasteiger charge is -2.29. The zero-order valence-electron chi connectivity index (χ0n) is 24.3. The number of allylic oxidation sites excluding steroid dienone is 1. The molecule has 208 valence electrons. The summed E-state index contributed by atoms with van der Waals surface area (Å²) in [4.78, 5) is 0. The highest BCUT2D eigenvalue weighted by atomic mass is 28.3. The molecule has 0 radical (unpaired) electrons. The van der Waals surface area contributed by atoms with Gasteiger partial charge in [0.2, 0.25) is 0 Å². The molecule has 2 aliphatic rings.